The molecule has 216 valence electrons. The van der Waals surface area contributed by atoms with Crippen LogP contribution in [0.15, 0.2) is 29.0 Å². The first-order chi connectivity index (χ1) is 18.6. The van der Waals surface area contributed by atoms with Gasteiger partial charge in [-0.3, -0.25) is 24.2 Å². The third-order valence-electron chi connectivity index (χ3n) is 9.16. The van der Waals surface area contributed by atoms with Crippen molar-refractivity contribution in [2.24, 2.45) is 17.6 Å². The van der Waals surface area contributed by atoms with Crippen LogP contribution in [-0.4, -0.2) is 92.4 Å². The number of nitrogens with zero attached hydrogens (tertiary/aromatic N) is 2. The van der Waals surface area contributed by atoms with Gasteiger partial charge in [0, 0.05) is 49.5 Å². The molecule has 1 aromatic rings. The number of fused-ring (bicyclic) bond motifs is 3. The van der Waals surface area contributed by atoms with Gasteiger partial charge in [-0.2, -0.15) is 0 Å². The van der Waals surface area contributed by atoms with Gasteiger partial charge >= 0.3 is 0 Å². The number of phenolic OH excluding ortho intramolecular Hbond substituents is 1. The first-order valence-electron chi connectivity index (χ1n) is 13.2. The monoisotopic (exact) mass is 561 g/mol. The quantitative estimate of drug-likeness (QED) is 0.345. The molecule has 6 N–H and O–H groups in total. The Kier molecular flexibility index (Phi) is 6.59. The molecule has 1 saturated heterocycles. The average molecular weight is 562 g/mol. The number of aliphatic hydroxyl groups is 3. The van der Waals surface area contributed by atoms with Crippen molar-refractivity contribution in [3.63, 3.8) is 0 Å². The second-order valence-electron chi connectivity index (χ2n) is 11.6. The van der Waals surface area contributed by atoms with Crippen LogP contribution in [0.25, 0.3) is 5.76 Å². The molecule has 1 aliphatic heterocycles. The highest BCUT2D eigenvalue weighted by atomic mass is 19.3. The molecule has 4 aliphatic rings. The molecular weight excluding hydrogens is 528 g/mol. The number of ketones is 2. The molecule has 5 rings (SSSR count). The van der Waals surface area contributed by atoms with E-state index < -0.39 is 69.9 Å². The largest absolute Gasteiger partial charge is 0.508 e. The predicted octanol–water partition coefficient (Wildman–Crippen LogP) is 1.76. The van der Waals surface area contributed by atoms with Gasteiger partial charge in [0.15, 0.2) is 11.4 Å². The Hall–Kier alpha value is -3.35. The third-order valence-corrected chi connectivity index (χ3v) is 9.16. The molecule has 12 heteroatoms. The van der Waals surface area contributed by atoms with E-state index in [-0.39, 0.29) is 55.8 Å². The van der Waals surface area contributed by atoms with Crippen LogP contribution in [0.1, 0.15) is 48.8 Å². The predicted molar refractivity (Wildman–Crippen MR) is 138 cm³/mol. The zero-order chi connectivity index (χ0) is 29.5. The molecule has 2 fully saturated rings. The number of halogens is 2. The van der Waals surface area contributed by atoms with Crippen LogP contribution in [0.2, 0.25) is 0 Å². The maximum Gasteiger partial charge on any atom is 0.255 e. The Balaban J connectivity index is 1.61. The highest BCUT2D eigenvalue weighted by molar-refractivity contribution is 6.24. The number of Topliss-reactive ketones (excluding diaryl/α,β-unsaturated/α-hetero) is 2. The fourth-order valence-electron chi connectivity index (χ4n) is 6.99. The van der Waals surface area contributed by atoms with Gasteiger partial charge in [0.05, 0.1) is 11.6 Å². The highest BCUT2D eigenvalue weighted by Crippen LogP contribution is 2.56. The summed E-state index contributed by atoms with van der Waals surface area (Å²) in [7, 11) is 3.08. The number of aromatic hydroxyl groups is 1. The lowest BCUT2D eigenvalue weighted by Gasteiger charge is -2.51. The van der Waals surface area contributed by atoms with Gasteiger partial charge in [0.2, 0.25) is 5.78 Å². The topological polar surface area (TPSA) is 165 Å². The molecule has 0 aromatic heterocycles. The molecule has 0 spiro atoms. The van der Waals surface area contributed by atoms with Crippen molar-refractivity contribution in [3.8, 4) is 5.75 Å². The number of aliphatic hydroxyl groups excluding tert-OH is 2. The van der Waals surface area contributed by atoms with Crippen molar-refractivity contribution >= 4 is 23.2 Å². The van der Waals surface area contributed by atoms with Crippen molar-refractivity contribution in [2.45, 2.75) is 56.2 Å². The number of amides is 1. The molecule has 10 nitrogen and oxygen atoms in total. The van der Waals surface area contributed by atoms with Crippen molar-refractivity contribution in [3.05, 3.63) is 45.7 Å². The summed E-state index contributed by atoms with van der Waals surface area (Å²) in [4.78, 5) is 42.5. The summed E-state index contributed by atoms with van der Waals surface area (Å²) >= 11 is 0. The van der Waals surface area contributed by atoms with Crippen molar-refractivity contribution < 1.29 is 43.6 Å². The fourth-order valence-corrected chi connectivity index (χ4v) is 6.99. The first kappa shape index (κ1) is 28.2. The van der Waals surface area contributed by atoms with Gasteiger partial charge in [-0.15, -0.1) is 0 Å². The number of hydrogen-bond acceptors (Lipinski definition) is 9. The minimum Gasteiger partial charge on any atom is -0.508 e. The number of likely N-dealkylation sites (N-methyl/N-ethyl adjacent to an activating group) is 1. The molecule has 40 heavy (non-hydrogen) atoms. The zero-order valence-electron chi connectivity index (χ0n) is 22.4. The van der Waals surface area contributed by atoms with Gasteiger partial charge in [-0.25, -0.2) is 8.78 Å². The number of carbonyl (C=O) groups is 3. The Morgan fingerprint density at radius 1 is 1.15 bits per heavy atom. The number of phenols is 1. The molecule has 5 atom stereocenters. The highest BCUT2D eigenvalue weighted by Gasteiger charge is 2.64. The molecular formula is C28H33F2N3O7. The second kappa shape index (κ2) is 9.35. The molecule has 0 bridgehead atoms. The summed E-state index contributed by atoms with van der Waals surface area (Å²) in [6.45, 7) is 2.19. The van der Waals surface area contributed by atoms with E-state index in [0.717, 1.165) is 0 Å². The summed E-state index contributed by atoms with van der Waals surface area (Å²) in [6.07, 6.45) is -0.610. The van der Waals surface area contributed by atoms with E-state index in [9.17, 15) is 43.6 Å². The molecule has 1 unspecified atom stereocenters. The van der Waals surface area contributed by atoms with Crippen molar-refractivity contribution in [1.82, 2.24) is 9.80 Å². The molecule has 1 amide bonds. The van der Waals surface area contributed by atoms with Gasteiger partial charge in [0.1, 0.15) is 22.8 Å². The van der Waals surface area contributed by atoms with Gasteiger partial charge in [-0.1, -0.05) is 19.1 Å². The van der Waals surface area contributed by atoms with Crippen LogP contribution in [0.4, 0.5) is 8.78 Å². The Labute approximate surface area is 229 Å². The van der Waals surface area contributed by atoms with E-state index in [1.807, 2.05) is 0 Å². The lowest BCUT2D eigenvalue weighted by atomic mass is 9.55. The number of primary amides is 1. The number of rotatable bonds is 4. The smallest absolute Gasteiger partial charge is 0.255 e. The minimum atomic E-state index is -2.73. The molecule has 1 heterocycles. The minimum absolute atomic E-state index is 0.00255. The van der Waals surface area contributed by atoms with Crippen LogP contribution in [0, 0.1) is 11.8 Å². The molecule has 3 aliphatic carbocycles. The maximum atomic E-state index is 14.0. The summed E-state index contributed by atoms with van der Waals surface area (Å²) in [5, 5.41) is 45.3. The van der Waals surface area contributed by atoms with E-state index in [1.165, 1.54) is 4.90 Å². The average Bonchev–Trinajstić information content (AvgIpc) is 2.86. The first-order valence-corrected chi connectivity index (χ1v) is 13.2. The second-order valence-corrected chi connectivity index (χ2v) is 11.6. The van der Waals surface area contributed by atoms with Crippen molar-refractivity contribution in [2.75, 3.05) is 27.2 Å². The van der Waals surface area contributed by atoms with E-state index >= 15 is 0 Å². The number of nitrogens with two attached hydrogens (primary N) is 1. The van der Waals surface area contributed by atoms with Gasteiger partial charge in [0.25, 0.3) is 11.8 Å². The molecule has 1 aromatic carbocycles. The number of alkyl halides is 2. The third kappa shape index (κ3) is 3.95. The molecule has 1 saturated carbocycles. The number of carbonyl (C=O) groups excluding carboxylic acids is 3. The number of piperidine rings is 1. The van der Waals surface area contributed by atoms with Gasteiger partial charge < -0.3 is 26.2 Å². The number of benzene rings is 1. The fraction of sp³-hybridized carbons (Fsp3) is 0.536. The standard InChI is InChI=1S/C28H33F2N3O7/c1-12-14-5-4-13(11-33-8-6-27(29,30)7-9-33)21(34)17(14)22(35)18-15(12)10-16-20(32(2)3)23(36)19(26(31)39)25(38)28(16,40)24(18)37/h4-5,12,15-16,20,34-35,38,40H,6-11H2,1-3H3,(H2,31,39)/t12?,15-,16+,20+,28+/m1/s1. The number of likely N-dealkylation sites (tertiary alicyclic amines) is 1. The van der Waals surface area contributed by atoms with E-state index in [1.54, 1.807) is 38.1 Å². The molecule has 0 radical (unpaired) electrons. The van der Waals surface area contributed by atoms with Gasteiger partial charge in [-0.05, 0) is 37.9 Å². The van der Waals surface area contributed by atoms with Crippen LogP contribution in [0.5, 0.6) is 5.75 Å². The van der Waals surface area contributed by atoms with Crippen molar-refractivity contribution in [1.29, 1.82) is 0 Å². The maximum absolute atomic E-state index is 14.0. The Morgan fingerprint density at radius 2 is 1.77 bits per heavy atom. The summed E-state index contributed by atoms with van der Waals surface area (Å²) in [5.74, 6) is -10.2. The van der Waals surface area contributed by atoms with Crippen LogP contribution in [0.3, 0.4) is 0 Å². The van der Waals surface area contributed by atoms with Crippen LogP contribution < -0.4 is 5.73 Å². The summed E-state index contributed by atoms with van der Waals surface area (Å²) < 4.78 is 27.2. The normalized spacial score (nSPS) is 32.2. The SMILES string of the molecule is CC1c2ccc(CN3CCC(F)(F)CC3)c(O)c2C(O)=C2C(=O)[C@]3(O)C(O)=C(C(N)=O)C(=O)[C@@H](N(C)C)[C@@H]3C[C@@H]21. The Morgan fingerprint density at radius 3 is 2.35 bits per heavy atom. The lowest BCUT2D eigenvalue weighted by molar-refractivity contribution is -0.154. The van der Waals surface area contributed by atoms with Crippen LogP contribution >= 0.6 is 0 Å². The summed E-state index contributed by atoms with van der Waals surface area (Å²) in [6, 6.07) is 2.22. The summed E-state index contributed by atoms with van der Waals surface area (Å²) in [5.41, 5.74) is 2.44. The van der Waals surface area contributed by atoms with Crippen LogP contribution in [-0.2, 0) is 20.9 Å². The number of hydrogen-bond donors (Lipinski definition) is 5. The van der Waals surface area contributed by atoms with E-state index in [0.29, 0.717) is 11.1 Å². The lowest BCUT2D eigenvalue weighted by Crippen LogP contribution is -2.65. The van der Waals surface area contributed by atoms with E-state index in [4.69, 9.17) is 5.73 Å². The zero-order valence-corrected chi connectivity index (χ0v) is 22.4. The Bertz CT molecular complexity index is 1380. The van der Waals surface area contributed by atoms with E-state index in [2.05, 4.69) is 0 Å².